The summed E-state index contributed by atoms with van der Waals surface area (Å²) in [7, 11) is 0. The van der Waals surface area contributed by atoms with E-state index in [2.05, 4.69) is 28.6 Å². The third kappa shape index (κ3) is 5.86. The fourth-order valence-electron chi connectivity index (χ4n) is 3.93. The van der Waals surface area contributed by atoms with Crippen LogP contribution in [0.15, 0.2) is 85.5 Å². The van der Waals surface area contributed by atoms with Crippen molar-refractivity contribution in [3.05, 3.63) is 107 Å². The van der Waals surface area contributed by atoms with Gasteiger partial charge in [0.15, 0.2) is 0 Å². The van der Waals surface area contributed by atoms with Crippen LogP contribution in [-0.4, -0.2) is 28.6 Å². The number of aryl methyl sites for hydroxylation is 1. The SMILES string of the molecule is C=CCc1ccccc1OCCCn1c(CCNC(=O)c2ccc(Cl)cc2)nc2ccccc21. The molecule has 6 heteroatoms. The maximum atomic E-state index is 12.4. The molecule has 0 radical (unpaired) electrons. The van der Waals surface area contributed by atoms with Crippen molar-refractivity contribution >= 4 is 28.5 Å². The minimum atomic E-state index is -0.120. The minimum Gasteiger partial charge on any atom is -0.493 e. The Morgan fingerprint density at radius 1 is 1.06 bits per heavy atom. The zero-order chi connectivity index (χ0) is 23.8. The fourth-order valence-corrected chi connectivity index (χ4v) is 4.06. The number of nitrogens with one attached hydrogen (secondary N) is 1. The molecule has 1 aromatic heterocycles. The zero-order valence-electron chi connectivity index (χ0n) is 19.0. The number of aromatic nitrogens is 2. The molecular weight excluding hydrogens is 446 g/mol. The molecule has 0 unspecified atom stereocenters. The summed E-state index contributed by atoms with van der Waals surface area (Å²) in [6, 6.07) is 23.1. The number of para-hydroxylation sites is 3. The molecule has 0 atom stereocenters. The van der Waals surface area contributed by atoms with Crippen molar-refractivity contribution < 1.29 is 9.53 Å². The Morgan fingerprint density at radius 3 is 2.65 bits per heavy atom. The van der Waals surface area contributed by atoms with E-state index < -0.39 is 0 Å². The standard InChI is InChI=1S/C28H28ClN3O2/c1-2-8-21-9-3-6-12-26(21)34-20-7-19-32-25-11-5-4-10-24(25)31-27(32)17-18-30-28(33)22-13-15-23(29)16-14-22/h2-6,9-16H,1,7-8,17-20H2,(H,30,33). The van der Waals surface area contributed by atoms with E-state index in [1.807, 2.05) is 42.5 Å². The van der Waals surface area contributed by atoms with Crippen LogP contribution in [0, 0.1) is 0 Å². The molecule has 0 aliphatic rings. The third-order valence-corrected chi connectivity index (χ3v) is 5.85. The number of halogens is 1. The van der Waals surface area contributed by atoms with Crippen molar-refractivity contribution in [3.63, 3.8) is 0 Å². The van der Waals surface area contributed by atoms with Gasteiger partial charge in [-0.3, -0.25) is 4.79 Å². The summed E-state index contributed by atoms with van der Waals surface area (Å²) >= 11 is 5.91. The van der Waals surface area contributed by atoms with Gasteiger partial charge in [0.25, 0.3) is 5.91 Å². The predicted octanol–water partition coefficient (Wildman–Crippen LogP) is 5.86. The highest BCUT2D eigenvalue weighted by Gasteiger charge is 2.12. The Labute approximate surface area is 205 Å². The lowest BCUT2D eigenvalue weighted by molar-refractivity contribution is 0.0954. The van der Waals surface area contributed by atoms with E-state index >= 15 is 0 Å². The van der Waals surface area contributed by atoms with Crippen LogP contribution in [0.1, 0.15) is 28.2 Å². The van der Waals surface area contributed by atoms with Crippen molar-refractivity contribution in [2.45, 2.75) is 25.8 Å². The maximum absolute atomic E-state index is 12.4. The van der Waals surface area contributed by atoms with Gasteiger partial charge in [-0.15, -0.1) is 6.58 Å². The van der Waals surface area contributed by atoms with E-state index in [0.29, 0.717) is 30.2 Å². The molecule has 0 spiro atoms. The quantitative estimate of drug-likeness (QED) is 0.219. The van der Waals surface area contributed by atoms with Crippen molar-refractivity contribution in [3.8, 4) is 5.75 Å². The van der Waals surface area contributed by atoms with E-state index in [0.717, 1.165) is 47.6 Å². The molecule has 3 aromatic carbocycles. The average Bonchev–Trinajstić information content (AvgIpc) is 3.20. The normalized spacial score (nSPS) is 10.9. The number of carbonyl (C=O) groups excluding carboxylic acids is 1. The number of hydrogen-bond acceptors (Lipinski definition) is 3. The van der Waals surface area contributed by atoms with E-state index in [4.69, 9.17) is 21.3 Å². The van der Waals surface area contributed by atoms with Crippen molar-refractivity contribution in [1.82, 2.24) is 14.9 Å². The molecule has 1 N–H and O–H groups in total. The van der Waals surface area contributed by atoms with Gasteiger partial charge >= 0.3 is 0 Å². The van der Waals surface area contributed by atoms with Gasteiger partial charge in [-0.05, 0) is 60.9 Å². The van der Waals surface area contributed by atoms with Crippen LogP contribution in [0.4, 0.5) is 0 Å². The Bertz CT molecular complexity index is 1260. The second kappa shape index (κ2) is 11.5. The van der Waals surface area contributed by atoms with Crippen LogP contribution >= 0.6 is 11.6 Å². The lowest BCUT2D eigenvalue weighted by Crippen LogP contribution is -2.26. The van der Waals surface area contributed by atoms with Crippen molar-refractivity contribution in [2.75, 3.05) is 13.2 Å². The van der Waals surface area contributed by atoms with Crippen molar-refractivity contribution in [2.24, 2.45) is 0 Å². The van der Waals surface area contributed by atoms with Gasteiger partial charge in [0.1, 0.15) is 11.6 Å². The summed E-state index contributed by atoms with van der Waals surface area (Å²) in [5, 5.41) is 3.59. The van der Waals surface area contributed by atoms with E-state index in [1.54, 1.807) is 24.3 Å². The smallest absolute Gasteiger partial charge is 0.251 e. The average molecular weight is 474 g/mol. The third-order valence-electron chi connectivity index (χ3n) is 5.59. The summed E-state index contributed by atoms with van der Waals surface area (Å²) < 4.78 is 8.29. The molecule has 0 bridgehead atoms. The molecule has 34 heavy (non-hydrogen) atoms. The molecule has 0 aliphatic heterocycles. The summed E-state index contributed by atoms with van der Waals surface area (Å²) in [5.41, 5.74) is 3.78. The van der Waals surface area contributed by atoms with Crippen LogP contribution in [-0.2, 0) is 19.4 Å². The van der Waals surface area contributed by atoms with Crippen LogP contribution in [0.3, 0.4) is 0 Å². The molecule has 1 heterocycles. The number of hydrogen-bond donors (Lipinski definition) is 1. The number of fused-ring (bicyclic) bond motifs is 1. The Balaban J connectivity index is 1.37. The Hall–Kier alpha value is -3.57. The van der Waals surface area contributed by atoms with E-state index in [9.17, 15) is 4.79 Å². The first-order valence-corrected chi connectivity index (χ1v) is 11.8. The zero-order valence-corrected chi connectivity index (χ0v) is 19.8. The molecular formula is C28H28ClN3O2. The van der Waals surface area contributed by atoms with Gasteiger partial charge in [-0.25, -0.2) is 4.98 Å². The lowest BCUT2D eigenvalue weighted by Gasteiger charge is -2.13. The second-order valence-electron chi connectivity index (χ2n) is 7.98. The van der Waals surface area contributed by atoms with Crippen LogP contribution in [0.25, 0.3) is 11.0 Å². The number of carbonyl (C=O) groups is 1. The summed E-state index contributed by atoms with van der Waals surface area (Å²) in [5.74, 6) is 1.73. The van der Waals surface area contributed by atoms with Crippen LogP contribution in [0.5, 0.6) is 5.75 Å². The predicted molar refractivity (Wildman–Crippen MR) is 138 cm³/mol. The number of benzene rings is 3. The highest BCUT2D eigenvalue weighted by Crippen LogP contribution is 2.20. The van der Waals surface area contributed by atoms with Gasteiger partial charge in [0, 0.05) is 30.1 Å². The number of rotatable bonds is 11. The summed E-state index contributed by atoms with van der Waals surface area (Å²) in [4.78, 5) is 17.2. The first-order valence-electron chi connectivity index (χ1n) is 11.4. The molecule has 4 aromatic rings. The largest absolute Gasteiger partial charge is 0.493 e. The highest BCUT2D eigenvalue weighted by atomic mass is 35.5. The van der Waals surface area contributed by atoms with Gasteiger partial charge in [-0.1, -0.05) is 48.0 Å². The second-order valence-corrected chi connectivity index (χ2v) is 8.42. The molecule has 0 aliphatic carbocycles. The molecule has 5 nitrogen and oxygen atoms in total. The molecule has 174 valence electrons. The molecule has 0 fully saturated rings. The molecule has 4 rings (SSSR count). The monoisotopic (exact) mass is 473 g/mol. The van der Waals surface area contributed by atoms with Crippen LogP contribution in [0.2, 0.25) is 5.02 Å². The minimum absolute atomic E-state index is 0.120. The van der Waals surface area contributed by atoms with Crippen LogP contribution < -0.4 is 10.1 Å². The molecule has 0 saturated carbocycles. The van der Waals surface area contributed by atoms with E-state index in [1.165, 1.54) is 0 Å². The fraction of sp³-hybridized carbons (Fsp3) is 0.214. The number of nitrogens with zero attached hydrogens (tertiary/aromatic N) is 2. The Morgan fingerprint density at radius 2 is 1.82 bits per heavy atom. The first-order chi connectivity index (χ1) is 16.7. The number of allylic oxidation sites excluding steroid dienone is 1. The number of ether oxygens (including phenoxy) is 1. The van der Waals surface area contributed by atoms with E-state index in [-0.39, 0.29) is 5.91 Å². The topological polar surface area (TPSA) is 56.1 Å². The molecule has 1 amide bonds. The van der Waals surface area contributed by atoms with Gasteiger partial charge in [0.2, 0.25) is 0 Å². The van der Waals surface area contributed by atoms with Gasteiger partial charge < -0.3 is 14.6 Å². The first kappa shape index (κ1) is 23.6. The number of amides is 1. The summed E-state index contributed by atoms with van der Waals surface area (Å²) in [6.07, 6.45) is 4.15. The molecule has 0 saturated heterocycles. The highest BCUT2D eigenvalue weighted by molar-refractivity contribution is 6.30. The number of imidazole rings is 1. The maximum Gasteiger partial charge on any atom is 0.251 e. The lowest BCUT2D eigenvalue weighted by atomic mass is 10.1. The van der Waals surface area contributed by atoms with Crippen molar-refractivity contribution in [1.29, 1.82) is 0 Å². The van der Waals surface area contributed by atoms with Gasteiger partial charge in [0.05, 0.1) is 17.6 Å². The Kier molecular flexibility index (Phi) is 7.99. The summed E-state index contributed by atoms with van der Waals surface area (Å²) in [6.45, 7) is 5.71. The van der Waals surface area contributed by atoms with Gasteiger partial charge in [-0.2, -0.15) is 0 Å².